The number of carboxylic acids is 1. The van der Waals surface area contributed by atoms with E-state index in [0.29, 0.717) is 13.1 Å². The van der Waals surface area contributed by atoms with E-state index in [9.17, 15) is 9.59 Å². The molecule has 4 heteroatoms. The van der Waals surface area contributed by atoms with Gasteiger partial charge in [0.1, 0.15) is 0 Å². The van der Waals surface area contributed by atoms with Crippen LogP contribution in [0.5, 0.6) is 0 Å². The number of fused-ring (bicyclic) bond motifs is 1. The second-order valence-corrected chi connectivity index (χ2v) is 5.64. The van der Waals surface area contributed by atoms with Crippen LogP contribution in [0.1, 0.15) is 37.4 Å². The molecule has 1 aliphatic heterocycles. The maximum absolute atomic E-state index is 12.6. The molecule has 2 aromatic rings. The summed E-state index contributed by atoms with van der Waals surface area (Å²) in [6, 6.07) is 12.7. The largest absolute Gasteiger partial charge is 0.478 e. The molecule has 0 atom stereocenters. The first-order chi connectivity index (χ1) is 10.5. The summed E-state index contributed by atoms with van der Waals surface area (Å²) in [5, 5.41) is 9.05. The van der Waals surface area contributed by atoms with E-state index >= 15 is 0 Å². The summed E-state index contributed by atoms with van der Waals surface area (Å²) >= 11 is 0. The molecule has 112 valence electrons. The predicted octanol–water partition coefficient (Wildman–Crippen LogP) is 2.89. The van der Waals surface area contributed by atoms with Crippen molar-refractivity contribution in [1.82, 2.24) is 4.90 Å². The molecule has 1 amide bonds. The Labute approximate surface area is 129 Å². The molecular weight excluding hydrogens is 278 g/mol. The SMILES string of the molecule is Cc1ccc2c(c1)C(=O)N(Cc1cccc(C(=O)O)c1)CC2. The molecule has 0 saturated carbocycles. The number of nitrogens with zero attached hydrogens (tertiary/aromatic N) is 1. The number of rotatable bonds is 3. The van der Waals surface area contributed by atoms with Gasteiger partial charge in [0.2, 0.25) is 0 Å². The molecule has 1 N–H and O–H groups in total. The number of amides is 1. The zero-order valence-electron chi connectivity index (χ0n) is 12.4. The molecule has 0 aliphatic carbocycles. The Hall–Kier alpha value is -2.62. The first-order valence-corrected chi connectivity index (χ1v) is 7.25. The third-order valence-electron chi connectivity index (χ3n) is 3.98. The van der Waals surface area contributed by atoms with Gasteiger partial charge in [0, 0.05) is 18.7 Å². The highest BCUT2D eigenvalue weighted by Crippen LogP contribution is 2.22. The first kappa shape index (κ1) is 14.3. The van der Waals surface area contributed by atoms with Crippen molar-refractivity contribution in [3.8, 4) is 0 Å². The van der Waals surface area contributed by atoms with E-state index in [2.05, 4.69) is 0 Å². The van der Waals surface area contributed by atoms with Crippen molar-refractivity contribution in [2.45, 2.75) is 19.9 Å². The second kappa shape index (κ2) is 5.64. The second-order valence-electron chi connectivity index (χ2n) is 5.64. The minimum absolute atomic E-state index is 0.0191. The summed E-state index contributed by atoms with van der Waals surface area (Å²) in [6.45, 7) is 3.07. The van der Waals surface area contributed by atoms with Crippen LogP contribution in [0.15, 0.2) is 42.5 Å². The van der Waals surface area contributed by atoms with Gasteiger partial charge in [-0.05, 0) is 42.7 Å². The molecule has 3 rings (SSSR count). The van der Waals surface area contributed by atoms with Gasteiger partial charge in [-0.1, -0.05) is 29.8 Å². The molecule has 0 spiro atoms. The van der Waals surface area contributed by atoms with Crippen LogP contribution in [-0.2, 0) is 13.0 Å². The van der Waals surface area contributed by atoms with Crippen molar-refractivity contribution in [1.29, 1.82) is 0 Å². The van der Waals surface area contributed by atoms with Crippen molar-refractivity contribution in [2.75, 3.05) is 6.54 Å². The highest BCUT2D eigenvalue weighted by molar-refractivity contribution is 5.97. The summed E-state index contributed by atoms with van der Waals surface area (Å²) in [5.74, 6) is -0.932. The number of hydrogen-bond donors (Lipinski definition) is 1. The van der Waals surface area contributed by atoms with Gasteiger partial charge in [-0.2, -0.15) is 0 Å². The zero-order chi connectivity index (χ0) is 15.7. The first-order valence-electron chi connectivity index (χ1n) is 7.25. The van der Waals surface area contributed by atoms with Crippen LogP contribution in [0, 0.1) is 6.92 Å². The van der Waals surface area contributed by atoms with E-state index in [0.717, 1.165) is 28.7 Å². The molecule has 4 nitrogen and oxygen atoms in total. The molecule has 0 fully saturated rings. The topological polar surface area (TPSA) is 57.6 Å². The highest BCUT2D eigenvalue weighted by atomic mass is 16.4. The van der Waals surface area contributed by atoms with Crippen LogP contribution in [0.3, 0.4) is 0 Å². The van der Waals surface area contributed by atoms with Gasteiger partial charge in [-0.3, -0.25) is 4.79 Å². The van der Waals surface area contributed by atoms with E-state index in [-0.39, 0.29) is 11.5 Å². The van der Waals surface area contributed by atoms with Crippen LogP contribution in [0.2, 0.25) is 0 Å². The molecule has 0 bridgehead atoms. The molecule has 0 saturated heterocycles. The Kier molecular flexibility index (Phi) is 3.67. The van der Waals surface area contributed by atoms with Crippen LogP contribution in [0.4, 0.5) is 0 Å². The highest BCUT2D eigenvalue weighted by Gasteiger charge is 2.24. The lowest BCUT2D eigenvalue weighted by molar-refractivity contribution is 0.0696. The van der Waals surface area contributed by atoms with E-state index in [1.54, 1.807) is 23.1 Å². The minimum Gasteiger partial charge on any atom is -0.478 e. The Bertz CT molecular complexity index is 752. The van der Waals surface area contributed by atoms with E-state index in [4.69, 9.17) is 5.11 Å². The Morgan fingerprint density at radius 1 is 1.23 bits per heavy atom. The number of carbonyl (C=O) groups is 2. The number of carbonyl (C=O) groups excluding carboxylic acids is 1. The summed E-state index contributed by atoms with van der Waals surface area (Å²) in [6.07, 6.45) is 0.833. The van der Waals surface area contributed by atoms with E-state index in [1.165, 1.54) is 0 Å². The van der Waals surface area contributed by atoms with Crippen LogP contribution < -0.4 is 0 Å². The number of carboxylic acid groups (broad SMARTS) is 1. The van der Waals surface area contributed by atoms with Crippen LogP contribution >= 0.6 is 0 Å². The maximum Gasteiger partial charge on any atom is 0.335 e. The summed E-state index contributed by atoms with van der Waals surface area (Å²) in [4.78, 5) is 25.4. The summed E-state index contributed by atoms with van der Waals surface area (Å²) < 4.78 is 0. The zero-order valence-corrected chi connectivity index (χ0v) is 12.4. The molecule has 1 aliphatic rings. The third-order valence-corrected chi connectivity index (χ3v) is 3.98. The molecular formula is C18H17NO3. The number of hydrogen-bond acceptors (Lipinski definition) is 2. The average Bonchev–Trinajstić information content (AvgIpc) is 2.51. The minimum atomic E-state index is -0.951. The molecule has 22 heavy (non-hydrogen) atoms. The van der Waals surface area contributed by atoms with Crippen molar-refractivity contribution >= 4 is 11.9 Å². The van der Waals surface area contributed by atoms with Crippen LogP contribution in [0.25, 0.3) is 0 Å². The van der Waals surface area contributed by atoms with Crippen molar-refractivity contribution < 1.29 is 14.7 Å². The van der Waals surface area contributed by atoms with Gasteiger partial charge < -0.3 is 10.0 Å². The molecule has 0 unspecified atom stereocenters. The predicted molar refractivity (Wildman–Crippen MR) is 83.0 cm³/mol. The van der Waals surface area contributed by atoms with Gasteiger partial charge in [-0.15, -0.1) is 0 Å². The fourth-order valence-corrected chi connectivity index (χ4v) is 2.81. The molecule has 0 radical (unpaired) electrons. The fourth-order valence-electron chi connectivity index (χ4n) is 2.81. The average molecular weight is 295 g/mol. The van der Waals surface area contributed by atoms with Gasteiger partial charge >= 0.3 is 5.97 Å². The monoisotopic (exact) mass is 295 g/mol. The lowest BCUT2D eigenvalue weighted by Gasteiger charge is -2.29. The van der Waals surface area contributed by atoms with Gasteiger partial charge in [0.25, 0.3) is 5.91 Å². The number of aryl methyl sites for hydroxylation is 1. The Morgan fingerprint density at radius 3 is 2.82 bits per heavy atom. The van der Waals surface area contributed by atoms with Crippen LogP contribution in [-0.4, -0.2) is 28.4 Å². The van der Waals surface area contributed by atoms with E-state index in [1.807, 2.05) is 31.2 Å². The Morgan fingerprint density at radius 2 is 2.05 bits per heavy atom. The quantitative estimate of drug-likeness (QED) is 0.947. The van der Waals surface area contributed by atoms with E-state index < -0.39 is 5.97 Å². The van der Waals surface area contributed by atoms with Gasteiger partial charge in [0.15, 0.2) is 0 Å². The normalized spacial score (nSPS) is 13.9. The molecule has 0 aromatic heterocycles. The third kappa shape index (κ3) is 2.72. The van der Waals surface area contributed by atoms with Gasteiger partial charge in [-0.25, -0.2) is 4.79 Å². The molecule has 2 aromatic carbocycles. The van der Waals surface area contributed by atoms with Crippen molar-refractivity contribution in [3.05, 3.63) is 70.3 Å². The number of benzene rings is 2. The van der Waals surface area contributed by atoms with Gasteiger partial charge in [0.05, 0.1) is 5.56 Å². The fraction of sp³-hybridized carbons (Fsp3) is 0.222. The number of aromatic carboxylic acids is 1. The molecule has 1 heterocycles. The van der Waals surface area contributed by atoms with Crippen molar-refractivity contribution in [2.24, 2.45) is 0 Å². The van der Waals surface area contributed by atoms with Crippen molar-refractivity contribution in [3.63, 3.8) is 0 Å². The summed E-state index contributed by atoms with van der Waals surface area (Å²) in [5.41, 5.74) is 4.01. The summed E-state index contributed by atoms with van der Waals surface area (Å²) in [7, 11) is 0. The Balaban J connectivity index is 1.84. The lowest BCUT2D eigenvalue weighted by atomic mass is 9.96. The lowest BCUT2D eigenvalue weighted by Crippen LogP contribution is -2.37. The standard InChI is InChI=1S/C18H17NO3/c1-12-5-6-14-7-8-19(17(20)16(14)9-12)11-13-3-2-4-15(10-13)18(21)22/h2-6,9-10H,7-8,11H2,1H3,(H,21,22). The maximum atomic E-state index is 12.6. The smallest absolute Gasteiger partial charge is 0.335 e.